The minimum absolute atomic E-state index is 0. The lowest BCUT2D eigenvalue weighted by Crippen LogP contribution is -2.47. The lowest BCUT2D eigenvalue weighted by Gasteiger charge is -2.34. The van der Waals surface area contributed by atoms with E-state index in [9.17, 15) is 0 Å². The first-order chi connectivity index (χ1) is 14.2. The third-order valence-electron chi connectivity index (χ3n) is 5.39. The van der Waals surface area contributed by atoms with Crippen molar-refractivity contribution in [3.05, 3.63) is 29.8 Å². The topological polar surface area (TPSA) is 49.3 Å². The first-order valence-electron chi connectivity index (χ1n) is 11.1. The van der Waals surface area contributed by atoms with Crippen molar-refractivity contribution in [2.45, 2.75) is 46.1 Å². The third kappa shape index (κ3) is 8.98. The number of aliphatic imine (C=N–C) groups is 1. The van der Waals surface area contributed by atoms with Gasteiger partial charge in [0, 0.05) is 58.7 Å². The first kappa shape index (κ1) is 27.0. The number of guanidine groups is 1. The molecule has 0 bridgehead atoms. The van der Waals surface area contributed by atoms with Crippen LogP contribution in [0.5, 0.6) is 0 Å². The Labute approximate surface area is 200 Å². The van der Waals surface area contributed by atoms with Gasteiger partial charge in [0.05, 0.1) is 12.6 Å². The summed E-state index contributed by atoms with van der Waals surface area (Å²) in [4.78, 5) is 9.71. The SMILES string of the molecule is CCNC(=NCCN(CC)c1ccccc1C)N1CCC(OCCCOC)CC1.I. The monoisotopic (exact) mass is 532 g/mol. The van der Waals surface area contributed by atoms with Gasteiger partial charge < -0.3 is 24.6 Å². The van der Waals surface area contributed by atoms with Crippen molar-refractivity contribution in [2.24, 2.45) is 4.99 Å². The van der Waals surface area contributed by atoms with Gasteiger partial charge in [0.1, 0.15) is 0 Å². The number of nitrogens with one attached hydrogen (secondary N) is 1. The molecule has 0 amide bonds. The summed E-state index contributed by atoms with van der Waals surface area (Å²) in [5, 5.41) is 3.47. The van der Waals surface area contributed by atoms with Crippen LogP contribution in [-0.4, -0.2) is 76.6 Å². The Kier molecular flexibility index (Phi) is 14.1. The van der Waals surface area contributed by atoms with E-state index >= 15 is 0 Å². The summed E-state index contributed by atoms with van der Waals surface area (Å²) in [6.07, 6.45) is 3.45. The van der Waals surface area contributed by atoms with Crippen LogP contribution in [0.3, 0.4) is 0 Å². The van der Waals surface area contributed by atoms with Crippen molar-refractivity contribution in [3.63, 3.8) is 0 Å². The zero-order valence-corrected chi connectivity index (χ0v) is 21.6. The second-order valence-electron chi connectivity index (χ2n) is 7.51. The van der Waals surface area contributed by atoms with E-state index in [1.54, 1.807) is 7.11 Å². The average molecular weight is 533 g/mol. The van der Waals surface area contributed by atoms with Crippen LogP contribution in [0, 0.1) is 6.92 Å². The Hall–Kier alpha value is -1.06. The highest BCUT2D eigenvalue weighted by Gasteiger charge is 2.21. The number of methoxy groups -OCH3 is 1. The van der Waals surface area contributed by atoms with Gasteiger partial charge in [0.15, 0.2) is 5.96 Å². The van der Waals surface area contributed by atoms with E-state index in [0.29, 0.717) is 6.10 Å². The molecule has 6 nitrogen and oxygen atoms in total. The van der Waals surface area contributed by atoms with Crippen LogP contribution < -0.4 is 10.2 Å². The summed E-state index contributed by atoms with van der Waals surface area (Å²) >= 11 is 0. The molecule has 0 atom stereocenters. The van der Waals surface area contributed by atoms with Crippen LogP contribution in [0.15, 0.2) is 29.3 Å². The Balaban J connectivity index is 0.00000450. The number of likely N-dealkylation sites (tertiary alicyclic amines) is 1. The van der Waals surface area contributed by atoms with Crippen LogP contribution in [-0.2, 0) is 9.47 Å². The molecule has 1 N–H and O–H groups in total. The number of piperidine rings is 1. The normalized spacial score (nSPS) is 15.1. The Morgan fingerprint density at radius 3 is 2.57 bits per heavy atom. The van der Waals surface area contributed by atoms with Gasteiger partial charge in [-0.15, -0.1) is 24.0 Å². The molecule has 7 heteroatoms. The van der Waals surface area contributed by atoms with Gasteiger partial charge in [-0.3, -0.25) is 4.99 Å². The molecule has 0 aromatic heterocycles. The quantitative estimate of drug-likeness (QED) is 0.203. The molecule has 1 aliphatic heterocycles. The van der Waals surface area contributed by atoms with Crippen LogP contribution in [0.1, 0.15) is 38.7 Å². The molecular formula is C23H41IN4O2. The van der Waals surface area contributed by atoms with Crippen LogP contribution in [0.4, 0.5) is 5.69 Å². The summed E-state index contributed by atoms with van der Waals surface area (Å²) < 4.78 is 11.1. The van der Waals surface area contributed by atoms with Gasteiger partial charge in [0.2, 0.25) is 0 Å². The fourth-order valence-electron chi connectivity index (χ4n) is 3.76. The van der Waals surface area contributed by atoms with E-state index < -0.39 is 0 Å². The fourth-order valence-corrected chi connectivity index (χ4v) is 3.76. The van der Waals surface area contributed by atoms with E-state index in [2.05, 4.69) is 60.2 Å². The molecule has 2 rings (SSSR count). The molecule has 0 radical (unpaired) electrons. The first-order valence-corrected chi connectivity index (χ1v) is 11.1. The largest absolute Gasteiger partial charge is 0.385 e. The molecule has 1 aromatic rings. The molecular weight excluding hydrogens is 491 g/mol. The van der Waals surface area contributed by atoms with Gasteiger partial charge >= 0.3 is 0 Å². The molecule has 1 fully saturated rings. The lowest BCUT2D eigenvalue weighted by atomic mass is 10.1. The number of para-hydroxylation sites is 1. The number of likely N-dealkylation sites (N-methyl/N-ethyl adjacent to an activating group) is 1. The zero-order chi connectivity index (χ0) is 20.9. The van der Waals surface area contributed by atoms with Crippen molar-refractivity contribution in [1.29, 1.82) is 0 Å². The van der Waals surface area contributed by atoms with Gasteiger partial charge in [-0.1, -0.05) is 18.2 Å². The highest BCUT2D eigenvalue weighted by Crippen LogP contribution is 2.19. The van der Waals surface area contributed by atoms with E-state index in [1.807, 2.05) is 0 Å². The molecule has 172 valence electrons. The Morgan fingerprint density at radius 2 is 1.93 bits per heavy atom. The van der Waals surface area contributed by atoms with Crippen molar-refractivity contribution < 1.29 is 9.47 Å². The standard InChI is InChI=1S/C23H40N4O2.HI/c1-5-24-23(27-15-12-21(13-16-27)29-19-9-18-28-4)25-14-17-26(6-2)22-11-8-7-10-20(22)3;/h7-8,10-11,21H,5-6,9,12-19H2,1-4H3,(H,24,25);1H. The van der Waals surface area contributed by atoms with E-state index in [4.69, 9.17) is 14.5 Å². The molecule has 1 aromatic carbocycles. The number of halogens is 1. The van der Waals surface area contributed by atoms with Crippen LogP contribution in [0.25, 0.3) is 0 Å². The second-order valence-corrected chi connectivity index (χ2v) is 7.51. The number of nitrogens with zero attached hydrogens (tertiary/aromatic N) is 3. The average Bonchev–Trinajstić information content (AvgIpc) is 2.75. The van der Waals surface area contributed by atoms with Gasteiger partial charge in [0.25, 0.3) is 0 Å². The molecule has 0 saturated carbocycles. The van der Waals surface area contributed by atoms with Crippen molar-refractivity contribution in [2.75, 3.05) is 64.5 Å². The third-order valence-corrected chi connectivity index (χ3v) is 5.39. The fraction of sp³-hybridized carbons (Fsp3) is 0.696. The summed E-state index contributed by atoms with van der Waals surface area (Å²) in [5.41, 5.74) is 2.62. The van der Waals surface area contributed by atoms with E-state index in [0.717, 1.165) is 77.7 Å². The zero-order valence-electron chi connectivity index (χ0n) is 19.2. The maximum atomic E-state index is 5.99. The van der Waals surface area contributed by atoms with E-state index in [-0.39, 0.29) is 24.0 Å². The number of hydrogen-bond donors (Lipinski definition) is 1. The Bertz CT molecular complexity index is 607. The van der Waals surface area contributed by atoms with Crippen LogP contribution in [0.2, 0.25) is 0 Å². The predicted molar refractivity (Wildman–Crippen MR) is 137 cm³/mol. The summed E-state index contributed by atoms with van der Waals surface area (Å²) in [6, 6.07) is 8.58. The highest BCUT2D eigenvalue weighted by atomic mass is 127. The van der Waals surface area contributed by atoms with Gasteiger partial charge in [-0.2, -0.15) is 0 Å². The highest BCUT2D eigenvalue weighted by molar-refractivity contribution is 14.0. The summed E-state index contributed by atoms with van der Waals surface area (Å²) in [7, 11) is 1.74. The molecule has 0 spiro atoms. The van der Waals surface area contributed by atoms with E-state index in [1.165, 1.54) is 11.3 Å². The van der Waals surface area contributed by atoms with Crippen molar-refractivity contribution in [3.8, 4) is 0 Å². The smallest absolute Gasteiger partial charge is 0.193 e. The number of hydrogen-bond acceptors (Lipinski definition) is 4. The summed E-state index contributed by atoms with van der Waals surface area (Å²) in [5.74, 6) is 1.03. The second kappa shape index (κ2) is 15.7. The molecule has 0 aliphatic carbocycles. The van der Waals surface area contributed by atoms with Crippen molar-refractivity contribution in [1.82, 2.24) is 10.2 Å². The molecule has 1 heterocycles. The Morgan fingerprint density at radius 1 is 1.20 bits per heavy atom. The lowest BCUT2D eigenvalue weighted by molar-refractivity contribution is 0.00991. The van der Waals surface area contributed by atoms with Crippen LogP contribution >= 0.6 is 24.0 Å². The number of benzene rings is 1. The molecule has 0 unspecified atom stereocenters. The number of rotatable bonds is 11. The maximum absolute atomic E-state index is 5.99. The predicted octanol–water partition coefficient (Wildman–Crippen LogP) is 3.92. The number of aryl methyl sites for hydroxylation is 1. The number of anilines is 1. The molecule has 1 aliphatic rings. The summed E-state index contributed by atoms with van der Waals surface area (Å²) in [6.45, 7) is 13.7. The minimum atomic E-state index is 0. The molecule has 1 saturated heterocycles. The minimum Gasteiger partial charge on any atom is -0.385 e. The van der Waals surface area contributed by atoms with Gasteiger partial charge in [-0.25, -0.2) is 0 Å². The van der Waals surface area contributed by atoms with Gasteiger partial charge in [-0.05, 0) is 51.7 Å². The molecule has 30 heavy (non-hydrogen) atoms. The maximum Gasteiger partial charge on any atom is 0.193 e. The van der Waals surface area contributed by atoms with Crippen molar-refractivity contribution >= 4 is 35.6 Å². The number of ether oxygens (including phenoxy) is 2.